The van der Waals surface area contributed by atoms with Crippen molar-refractivity contribution in [2.75, 3.05) is 12.3 Å². The third kappa shape index (κ3) is 3.65. The van der Waals surface area contributed by atoms with Crippen LogP contribution in [0, 0.1) is 5.92 Å². The van der Waals surface area contributed by atoms with E-state index in [2.05, 4.69) is 34.6 Å². The molecule has 0 aromatic rings. The Labute approximate surface area is 98.3 Å². The van der Waals surface area contributed by atoms with Gasteiger partial charge in [0.15, 0.2) is 0 Å². The molecule has 2 N–H and O–H groups in total. The molecule has 1 saturated heterocycles. The number of ether oxygens (including phenoxy) is 1. The van der Waals surface area contributed by atoms with Crippen LogP contribution in [0.2, 0.25) is 0 Å². The van der Waals surface area contributed by atoms with E-state index in [0.29, 0.717) is 11.2 Å². The van der Waals surface area contributed by atoms with Gasteiger partial charge in [0.1, 0.15) is 0 Å². The Balaban J connectivity index is 2.48. The Morgan fingerprint density at radius 2 is 2.00 bits per heavy atom. The van der Waals surface area contributed by atoms with Gasteiger partial charge in [-0.2, -0.15) is 11.8 Å². The Morgan fingerprint density at radius 3 is 2.40 bits per heavy atom. The van der Waals surface area contributed by atoms with Gasteiger partial charge in [-0.1, -0.05) is 6.92 Å². The second-order valence-electron chi connectivity index (χ2n) is 5.83. The van der Waals surface area contributed by atoms with Crippen molar-refractivity contribution in [2.45, 2.75) is 57.5 Å². The Kier molecular flexibility index (Phi) is 4.13. The largest absolute Gasteiger partial charge is 0.369 e. The summed E-state index contributed by atoms with van der Waals surface area (Å²) in [5.41, 5.74) is 5.67. The number of hydrogen-bond acceptors (Lipinski definition) is 3. The monoisotopic (exact) mass is 231 g/mol. The van der Waals surface area contributed by atoms with Crippen LogP contribution in [-0.2, 0) is 4.74 Å². The van der Waals surface area contributed by atoms with Crippen LogP contribution in [0.1, 0.15) is 41.0 Å². The summed E-state index contributed by atoms with van der Waals surface area (Å²) in [5, 5.41) is 0.599. The number of thioether (sulfide) groups is 1. The van der Waals surface area contributed by atoms with Crippen molar-refractivity contribution in [2.24, 2.45) is 11.7 Å². The molecule has 1 fully saturated rings. The van der Waals surface area contributed by atoms with Crippen molar-refractivity contribution in [1.29, 1.82) is 0 Å². The van der Waals surface area contributed by atoms with Gasteiger partial charge in [-0.3, -0.25) is 0 Å². The van der Waals surface area contributed by atoms with Gasteiger partial charge < -0.3 is 10.5 Å². The maximum absolute atomic E-state index is 6.06. The van der Waals surface area contributed by atoms with E-state index in [9.17, 15) is 0 Å². The van der Waals surface area contributed by atoms with Gasteiger partial charge in [0.05, 0.1) is 11.2 Å². The Bertz CT molecular complexity index is 216. The number of hydrogen-bond donors (Lipinski definition) is 1. The average Bonchev–Trinajstić information content (AvgIpc) is 2.29. The molecule has 2 nitrogen and oxygen atoms in total. The van der Waals surface area contributed by atoms with Gasteiger partial charge in [0, 0.05) is 5.25 Å². The van der Waals surface area contributed by atoms with Crippen LogP contribution in [0.25, 0.3) is 0 Å². The lowest BCUT2D eigenvalue weighted by molar-refractivity contribution is -0.0631. The second-order valence-corrected chi connectivity index (χ2v) is 7.07. The first-order chi connectivity index (χ1) is 6.77. The summed E-state index contributed by atoms with van der Waals surface area (Å²) >= 11 is 2.02. The molecule has 0 spiro atoms. The summed E-state index contributed by atoms with van der Waals surface area (Å²) in [7, 11) is 0. The first-order valence-electron chi connectivity index (χ1n) is 5.79. The molecule has 0 saturated carbocycles. The molecule has 1 heterocycles. The van der Waals surface area contributed by atoms with Gasteiger partial charge in [-0.25, -0.2) is 0 Å². The van der Waals surface area contributed by atoms with Gasteiger partial charge in [0.25, 0.3) is 0 Å². The maximum Gasteiger partial charge on any atom is 0.0752 e. The minimum atomic E-state index is 0.00247. The molecule has 0 aliphatic carbocycles. The van der Waals surface area contributed by atoms with E-state index in [4.69, 9.17) is 10.5 Å². The fourth-order valence-electron chi connectivity index (χ4n) is 2.12. The molecule has 1 aliphatic heterocycles. The molecule has 2 unspecified atom stereocenters. The molecule has 1 rings (SSSR count). The zero-order chi connectivity index (χ0) is 11.7. The molecule has 3 heteroatoms. The highest BCUT2D eigenvalue weighted by atomic mass is 32.2. The van der Waals surface area contributed by atoms with Crippen LogP contribution < -0.4 is 5.73 Å². The van der Waals surface area contributed by atoms with Crippen LogP contribution >= 0.6 is 11.8 Å². The third-order valence-corrected chi connectivity index (χ3v) is 4.87. The molecule has 0 aromatic heterocycles. The SMILES string of the molecule is CC(CN)CSC1CC(C)(C)OC1(C)C. The van der Waals surface area contributed by atoms with Gasteiger partial charge in [0.2, 0.25) is 0 Å². The van der Waals surface area contributed by atoms with E-state index in [1.807, 2.05) is 11.8 Å². The number of rotatable bonds is 4. The molecule has 0 radical (unpaired) electrons. The van der Waals surface area contributed by atoms with Gasteiger partial charge in [-0.15, -0.1) is 0 Å². The highest BCUT2D eigenvalue weighted by Crippen LogP contribution is 2.43. The van der Waals surface area contributed by atoms with Crippen molar-refractivity contribution in [3.63, 3.8) is 0 Å². The van der Waals surface area contributed by atoms with E-state index in [1.54, 1.807) is 0 Å². The first kappa shape index (κ1) is 13.3. The average molecular weight is 231 g/mol. The van der Waals surface area contributed by atoms with Crippen LogP contribution in [0.15, 0.2) is 0 Å². The molecule has 2 atom stereocenters. The van der Waals surface area contributed by atoms with E-state index >= 15 is 0 Å². The summed E-state index contributed by atoms with van der Waals surface area (Å²) < 4.78 is 6.06. The topological polar surface area (TPSA) is 35.2 Å². The van der Waals surface area contributed by atoms with Crippen LogP contribution in [0.4, 0.5) is 0 Å². The Morgan fingerprint density at radius 1 is 1.40 bits per heavy atom. The third-order valence-electron chi connectivity index (χ3n) is 2.98. The zero-order valence-corrected chi connectivity index (χ0v) is 11.5. The lowest BCUT2D eigenvalue weighted by Gasteiger charge is -2.27. The molecular formula is C12H25NOS. The van der Waals surface area contributed by atoms with E-state index in [0.717, 1.165) is 18.7 Å². The van der Waals surface area contributed by atoms with Crippen LogP contribution in [0.5, 0.6) is 0 Å². The Hall–Kier alpha value is 0.270. The molecule has 1 aliphatic rings. The quantitative estimate of drug-likeness (QED) is 0.808. The molecule has 0 amide bonds. The molecule has 0 aromatic carbocycles. The molecule has 15 heavy (non-hydrogen) atoms. The second kappa shape index (κ2) is 4.64. The molecule has 90 valence electrons. The van der Waals surface area contributed by atoms with Gasteiger partial charge in [-0.05, 0) is 52.3 Å². The lowest BCUT2D eigenvalue weighted by atomic mass is 10.0. The highest BCUT2D eigenvalue weighted by molar-refractivity contribution is 8.00. The molecule has 0 bridgehead atoms. The summed E-state index contributed by atoms with van der Waals surface area (Å²) in [6.07, 6.45) is 1.14. The minimum absolute atomic E-state index is 0.00247. The van der Waals surface area contributed by atoms with E-state index in [-0.39, 0.29) is 11.2 Å². The van der Waals surface area contributed by atoms with Crippen LogP contribution in [-0.4, -0.2) is 28.7 Å². The fraction of sp³-hybridized carbons (Fsp3) is 1.00. The predicted molar refractivity (Wildman–Crippen MR) is 68.3 cm³/mol. The molecular weight excluding hydrogens is 206 g/mol. The van der Waals surface area contributed by atoms with Crippen molar-refractivity contribution in [3.8, 4) is 0 Å². The van der Waals surface area contributed by atoms with E-state index in [1.165, 1.54) is 0 Å². The van der Waals surface area contributed by atoms with Crippen molar-refractivity contribution in [1.82, 2.24) is 0 Å². The van der Waals surface area contributed by atoms with Crippen molar-refractivity contribution >= 4 is 11.8 Å². The van der Waals surface area contributed by atoms with Crippen LogP contribution in [0.3, 0.4) is 0 Å². The van der Waals surface area contributed by atoms with Gasteiger partial charge >= 0.3 is 0 Å². The summed E-state index contributed by atoms with van der Waals surface area (Å²) in [6, 6.07) is 0. The predicted octanol–water partition coefficient (Wildman–Crippen LogP) is 2.66. The maximum atomic E-state index is 6.06. The fourth-order valence-corrected chi connectivity index (χ4v) is 3.79. The highest BCUT2D eigenvalue weighted by Gasteiger charge is 2.45. The summed E-state index contributed by atoms with van der Waals surface area (Å²) in [5.74, 6) is 1.75. The summed E-state index contributed by atoms with van der Waals surface area (Å²) in [6.45, 7) is 11.8. The van der Waals surface area contributed by atoms with Crippen molar-refractivity contribution < 1.29 is 4.74 Å². The first-order valence-corrected chi connectivity index (χ1v) is 6.83. The smallest absolute Gasteiger partial charge is 0.0752 e. The number of nitrogens with two attached hydrogens (primary N) is 1. The van der Waals surface area contributed by atoms with Crippen molar-refractivity contribution in [3.05, 3.63) is 0 Å². The minimum Gasteiger partial charge on any atom is -0.369 e. The van der Waals surface area contributed by atoms with E-state index < -0.39 is 0 Å². The lowest BCUT2D eigenvalue weighted by Crippen LogP contribution is -2.31. The normalized spacial score (nSPS) is 30.4. The summed E-state index contributed by atoms with van der Waals surface area (Å²) in [4.78, 5) is 0. The zero-order valence-electron chi connectivity index (χ0n) is 10.7. The standard InChI is InChI=1S/C12H25NOS/c1-9(7-13)8-15-10-6-11(2,3)14-12(10,4)5/h9-10H,6-8,13H2,1-5H3.